The molecule has 1 fully saturated rings. The lowest BCUT2D eigenvalue weighted by Gasteiger charge is -2.38. The van der Waals surface area contributed by atoms with Gasteiger partial charge in [-0.1, -0.05) is 42.5 Å². The molecular weight excluding hydrogens is 474 g/mol. The third-order valence-electron chi connectivity index (χ3n) is 6.28. The lowest BCUT2D eigenvalue weighted by atomic mass is 9.98. The second-order valence-corrected chi connectivity index (χ2v) is 9.73. The van der Waals surface area contributed by atoms with Crippen LogP contribution < -0.4 is 20.3 Å². The Labute approximate surface area is 213 Å². The smallest absolute Gasteiger partial charge is 0.290 e. The first-order chi connectivity index (χ1) is 17.4. The molecule has 0 bridgehead atoms. The van der Waals surface area contributed by atoms with E-state index in [2.05, 4.69) is 28.5 Å². The molecule has 3 aromatic rings. The summed E-state index contributed by atoms with van der Waals surface area (Å²) in [6.45, 7) is 4.98. The van der Waals surface area contributed by atoms with Crippen LogP contribution in [0.15, 0.2) is 71.6 Å². The van der Waals surface area contributed by atoms with Crippen molar-refractivity contribution in [3.05, 3.63) is 93.9 Å². The summed E-state index contributed by atoms with van der Waals surface area (Å²) in [7, 11) is 0. The molecule has 1 saturated heterocycles. The molecule has 3 amide bonds. The molecule has 8 heteroatoms. The largest absolute Gasteiger partial charge is 0.492 e. The van der Waals surface area contributed by atoms with Gasteiger partial charge >= 0.3 is 0 Å². The van der Waals surface area contributed by atoms with Crippen LogP contribution >= 0.6 is 11.8 Å². The zero-order chi connectivity index (χ0) is 25.2. The number of nitrogens with one attached hydrogen (secondary N) is 2. The standard InChI is InChI=1S/C28H25N3O4S/c1-17-14-22-23(15-18(17)2)31(25(27(33)29-22)20-6-4-3-5-7-20)12-13-35-21-10-8-19(9-11-21)16-24-26(32)30-28(34)36-24/h3-11,14-16,25H,12-13H2,1-2H3,(H,29,33)(H,30,32,34). The zero-order valence-corrected chi connectivity index (χ0v) is 20.7. The van der Waals surface area contributed by atoms with Gasteiger partial charge in [0.1, 0.15) is 18.4 Å². The molecule has 0 aliphatic carbocycles. The highest BCUT2D eigenvalue weighted by atomic mass is 32.2. The van der Waals surface area contributed by atoms with Crippen LogP contribution in [0.1, 0.15) is 28.3 Å². The molecule has 36 heavy (non-hydrogen) atoms. The minimum Gasteiger partial charge on any atom is -0.492 e. The van der Waals surface area contributed by atoms with Crippen molar-refractivity contribution in [3.8, 4) is 5.75 Å². The number of amides is 3. The average Bonchev–Trinajstić information content (AvgIpc) is 3.18. The van der Waals surface area contributed by atoms with Gasteiger partial charge in [-0.2, -0.15) is 0 Å². The molecule has 2 N–H and O–H groups in total. The first-order valence-electron chi connectivity index (χ1n) is 11.6. The van der Waals surface area contributed by atoms with Gasteiger partial charge in [0, 0.05) is 0 Å². The van der Waals surface area contributed by atoms with Crippen molar-refractivity contribution in [2.24, 2.45) is 0 Å². The normalized spacial score (nSPS) is 18.2. The number of nitrogens with zero attached hydrogens (tertiary/aromatic N) is 1. The molecule has 0 radical (unpaired) electrons. The fourth-order valence-electron chi connectivity index (χ4n) is 4.33. The SMILES string of the molecule is Cc1cc2c(cc1C)N(CCOc1ccc(C=C3SC(=O)NC3=O)cc1)C(c1ccccc1)C(=O)N2. The second kappa shape index (κ2) is 9.91. The van der Waals surface area contributed by atoms with Crippen LogP contribution in [0.4, 0.5) is 16.2 Å². The lowest BCUT2D eigenvalue weighted by molar-refractivity contribution is -0.118. The third-order valence-corrected chi connectivity index (χ3v) is 7.09. The van der Waals surface area contributed by atoms with E-state index in [0.29, 0.717) is 23.8 Å². The lowest BCUT2D eigenvalue weighted by Crippen LogP contribution is -2.43. The molecular formula is C28H25N3O4S. The summed E-state index contributed by atoms with van der Waals surface area (Å²) in [5.41, 5.74) is 5.77. The van der Waals surface area contributed by atoms with E-state index in [1.54, 1.807) is 6.08 Å². The quantitative estimate of drug-likeness (QED) is 0.453. The number of carbonyl (C=O) groups excluding carboxylic acids is 3. The monoisotopic (exact) mass is 499 g/mol. The van der Waals surface area contributed by atoms with Crippen LogP contribution in [0, 0.1) is 13.8 Å². The molecule has 2 aliphatic rings. The molecule has 0 saturated carbocycles. The van der Waals surface area contributed by atoms with Gasteiger partial charge in [0.2, 0.25) is 0 Å². The van der Waals surface area contributed by atoms with E-state index in [1.165, 1.54) is 0 Å². The van der Waals surface area contributed by atoms with E-state index in [4.69, 9.17) is 4.74 Å². The number of aryl methyl sites for hydroxylation is 2. The van der Waals surface area contributed by atoms with E-state index in [0.717, 1.165) is 45.4 Å². The number of thioether (sulfide) groups is 1. The Balaban J connectivity index is 1.33. The molecule has 1 atom stereocenters. The first kappa shape index (κ1) is 23.7. The van der Waals surface area contributed by atoms with Crippen LogP contribution in [-0.4, -0.2) is 30.2 Å². The molecule has 7 nitrogen and oxygen atoms in total. The number of anilines is 2. The Morgan fingerprint density at radius 1 is 0.944 bits per heavy atom. The number of hydrogen-bond donors (Lipinski definition) is 2. The number of fused-ring (bicyclic) bond motifs is 1. The maximum absolute atomic E-state index is 13.2. The highest BCUT2D eigenvalue weighted by Gasteiger charge is 2.34. The summed E-state index contributed by atoms with van der Waals surface area (Å²) >= 11 is 0.889. The van der Waals surface area contributed by atoms with E-state index < -0.39 is 6.04 Å². The Bertz CT molecular complexity index is 1370. The number of hydrogen-bond acceptors (Lipinski definition) is 6. The van der Waals surface area contributed by atoms with Crippen LogP contribution in [-0.2, 0) is 9.59 Å². The van der Waals surface area contributed by atoms with Crippen LogP contribution in [0.2, 0.25) is 0 Å². The van der Waals surface area contributed by atoms with Crippen molar-refractivity contribution in [3.63, 3.8) is 0 Å². The Hall–Kier alpha value is -4.04. The zero-order valence-electron chi connectivity index (χ0n) is 19.9. The van der Waals surface area contributed by atoms with Gasteiger partial charge in [-0.25, -0.2) is 0 Å². The molecule has 182 valence electrons. The van der Waals surface area contributed by atoms with Gasteiger partial charge in [0.25, 0.3) is 17.1 Å². The second-order valence-electron chi connectivity index (χ2n) is 8.72. The van der Waals surface area contributed by atoms with Crippen molar-refractivity contribution >= 4 is 46.3 Å². The van der Waals surface area contributed by atoms with Crippen LogP contribution in [0.3, 0.4) is 0 Å². The van der Waals surface area contributed by atoms with Crippen molar-refractivity contribution in [2.45, 2.75) is 19.9 Å². The van der Waals surface area contributed by atoms with Crippen molar-refractivity contribution in [1.82, 2.24) is 5.32 Å². The minimum absolute atomic E-state index is 0.0679. The summed E-state index contributed by atoms with van der Waals surface area (Å²) in [5, 5.41) is 4.96. The number of carbonyl (C=O) groups is 3. The molecule has 0 spiro atoms. The minimum atomic E-state index is -0.462. The Kier molecular flexibility index (Phi) is 6.52. The molecule has 2 aliphatic heterocycles. The van der Waals surface area contributed by atoms with E-state index in [-0.39, 0.29) is 17.1 Å². The van der Waals surface area contributed by atoms with Gasteiger partial charge in [-0.05, 0) is 78.2 Å². The average molecular weight is 500 g/mol. The van der Waals surface area contributed by atoms with Crippen molar-refractivity contribution in [1.29, 1.82) is 0 Å². The van der Waals surface area contributed by atoms with Crippen molar-refractivity contribution in [2.75, 3.05) is 23.4 Å². The molecule has 2 heterocycles. The molecule has 5 rings (SSSR count). The maximum atomic E-state index is 13.2. The summed E-state index contributed by atoms with van der Waals surface area (Å²) in [4.78, 5) is 38.7. The topological polar surface area (TPSA) is 87.7 Å². The van der Waals surface area contributed by atoms with Gasteiger partial charge in [0.15, 0.2) is 0 Å². The summed E-state index contributed by atoms with van der Waals surface area (Å²) in [6.07, 6.45) is 1.67. The van der Waals surface area contributed by atoms with Gasteiger partial charge in [-0.15, -0.1) is 0 Å². The van der Waals surface area contributed by atoms with E-state index in [1.807, 2.05) is 67.6 Å². The van der Waals surface area contributed by atoms with E-state index >= 15 is 0 Å². The summed E-state index contributed by atoms with van der Waals surface area (Å²) in [5.74, 6) is 0.228. The number of imide groups is 1. The molecule has 3 aromatic carbocycles. The number of ether oxygens (including phenoxy) is 1. The van der Waals surface area contributed by atoms with E-state index in [9.17, 15) is 14.4 Å². The fourth-order valence-corrected chi connectivity index (χ4v) is 5.01. The van der Waals surface area contributed by atoms with Gasteiger partial charge in [0.05, 0.1) is 22.8 Å². The molecule has 0 aromatic heterocycles. The summed E-state index contributed by atoms with van der Waals surface area (Å²) in [6, 6.07) is 20.7. The molecule has 1 unspecified atom stereocenters. The van der Waals surface area contributed by atoms with Gasteiger partial charge < -0.3 is 15.0 Å². The predicted molar refractivity (Wildman–Crippen MR) is 142 cm³/mol. The Morgan fingerprint density at radius 2 is 1.67 bits per heavy atom. The van der Waals surface area contributed by atoms with Gasteiger partial charge in [-0.3, -0.25) is 19.7 Å². The van der Waals surface area contributed by atoms with Crippen LogP contribution in [0.5, 0.6) is 5.75 Å². The fraction of sp³-hybridized carbons (Fsp3) is 0.179. The summed E-state index contributed by atoms with van der Waals surface area (Å²) < 4.78 is 6.03. The predicted octanol–water partition coefficient (Wildman–Crippen LogP) is 5.21. The first-order valence-corrected chi connectivity index (χ1v) is 12.4. The van der Waals surface area contributed by atoms with Crippen molar-refractivity contribution < 1.29 is 19.1 Å². The Morgan fingerprint density at radius 3 is 2.36 bits per heavy atom. The third kappa shape index (κ3) is 4.85. The number of rotatable bonds is 6. The highest BCUT2D eigenvalue weighted by Crippen LogP contribution is 2.39. The maximum Gasteiger partial charge on any atom is 0.290 e. The van der Waals surface area contributed by atoms with Crippen LogP contribution in [0.25, 0.3) is 6.08 Å². The highest BCUT2D eigenvalue weighted by molar-refractivity contribution is 8.18. The number of benzene rings is 3.